The summed E-state index contributed by atoms with van der Waals surface area (Å²) >= 11 is 0. The molecule has 0 N–H and O–H groups in total. The first-order valence-corrected chi connectivity index (χ1v) is 4.36. The standard InChI is InChI=1S/C9H15NO2/c1-6(2)5-10-8(11)4-7(3)9(10)12/h6-7H,4-5H2,1-3H3. The van der Waals surface area contributed by atoms with E-state index in [4.69, 9.17) is 0 Å². The van der Waals surface area contributed by atoms with Gasteiger partial charge in [-0.3, -0.25) is 14.5 Å². The fourth-order valence-corrected chi connectivity index (χ4v) is 1.41. The van der Waals surface area contributed by atoms with Crippen LogP contribution in [0.25, 0.3) is 0 Å². The second-order valence-electron chi connectivity index (χ2n) is 3.84. The van der Waals surface area contributed by atoms with Gasteiger partial charge in [-0.15, -0.1) is 0 Å². The van der Waals surface area contributed by atoms with E-state index in [1.165, 1.54) is 4.90 Å². The molecule has 0 aromatic rings. The number of rotatable bonds is 2. The molecule has 0 aromatic heterocycles. The van der Waals surface area contributed by atoms with Gasteiger partial charge in [-0.2, -0.15) is 0 Å². The number of hydrogen-bond acceptors (Lipinski definition) is 2. The Bertz CT molecular complexity index is 211. The SMILES string of the molecule is CC(C)CN1C(=O)CC(C)C1=O. The van der Waals surface area contributed by atoms with Crippen molar-refractivity contribution in [2.24, 2.45) is 11.8 Å². The largest absolute Gasteiger partial charge is 0.282 e. The number of carbonyl (C=O) groups is 2. The van der Waals surface area contributed by atoms with Gasteiger partial charge < -0.3 is 0 Å². The average Bonchev–Trinajstić information content (AvgIpc) is 2.16. The summed E-state index contributed by atoms with van der Waals surface area (Å²) in [4.78, 5) is 24.0. The number of likely N-dealkylation sites (tertiary alicyclic amines) is 1. The fourth-order valence-electron chi connectivity index (χ4n) is 1.41. The highest BCUT2D eigenvalue weighted by Crippen LogP contribution is 2.19. The van der Waals surface area contributed by atoms with Crippen LogP contribution in [-0.2, 0) is 9.59 Å². The van der Waals surface area contributed by atoms with Gasteiger partial charge in [0.2, 0.25) is 11.8 Å². The van der Waals surface area contributed by atoms with E-state index in [1.54, 1.807) is 6.92 Å². The minimum Gasteiger partial charge on any atom is -0.282 e. The molecule has 1 aliphatic heterocycles. The number of hydrogen-bond donors (Lipinski definition) is 0. The van der Waals surface area contributed by atoms with Gasteiger partial charge >= 0.3 is 0 Å². The predicted molar refractivity (Wildman–Crippen MR) is 45.3 cm³/mol. The van der Waals surface area contributed by atoms with Gasteiger partial charge in [-0.25, -0.2) is 0 Å². The molecule has 12 heavy (non-hydrogen) atoms. The minimum absolute atomic E-state index is 0.00583. The molecular formula is C9H15NO2. The number of amides is 2. The third kappa shape index (κ3) is 1.65. The molecule has 0 aliphatic carbocycles. The number of imide groups is 1. The fraction of sp³-hybridized carbons (Fsp3) is 0.778. The van der Waals surface area contributed by atoms with Crippen molar-refractivity contribution >= 4 is 11.8 Å². The molecule has 0 bridgehead atoms. The topological polar surface area (TPSA) is 37.4 Å². The Labute approximate surface area is 72.7 Å². The first-order valence-electron chi connectivity index (χ1n) is 4.36. The first-order chi connectivity index (χ1) is 5.52. The van der Waals surface area contributed by atoms with E-state index < -0.39 is 0 Å². The zero-order valence-electron chi connectivity index (χ0n) is 7.83. The van der Waals surface area contributed by atoms with E-state index in [1.807, 2.05) is 13.8 Å². The minimum atomic E-state index is -0.101. The molecule has 1 fully saturated rings. The van der Waals surface area contributed by atoms with Crippen molar-refractivity contribution in [3.8, 4) is 0 Å². The Morgan fingerprint density at radius 1 is 1.50 bits per heavy atom. The van der Waals surface area contributed by atoms with Crippen LogP contribution < -0.4 is 0 Å². The summed E-state index contributed by atoms with van der Waals surface area (Å²) < 4.78 is 0. The molecule has 3 nitrogen and oxygen atoms in total. The molecule has 1 saturated heterocycles. The summed E-state index contributed by atoms with van der Waals surface area (Å²) in [7, 11) is 0. The molecule has 1 heterocycles. The Balaban J connectivity index is 2.64. The highest BCUT2D eigenvalue weighted by molar-refractivity contribution is 6.03. The van der Waals surface area contributed by atoms with Crippen LogP contribution >= 0.6 is 0 Å². The molecule has 0 aromatic carbocycles. The molecule has 0 spiro atoms. The quantitative estimate of drug-likeness (QED) is 0.579. The first kappa shape index (κ1) is 9.23. The second-order valence-corrected chi connectivity index (χ2v) is 3.84. The van der Waals surface area contributed by atoms with E-state index in [0.717, 1.165) is 0 Å². The van der Waals surface area contributed by atoms with Crippen molar-refractivity contribution in [1.82, 2.24) is 4.90 Å². The third-order valence-corrected chi connectivity index (χ3v) is 2.02. The van der Waals surface area contributed by atoms with E-state index >= 15 is 0 Å². The molecule has 1 aliphatic rings. The Hall–Kier alpha value is -0.860. The molecule has 0 saturated carbocycles. The van der Waals surface area contributed by atoms with Crippen molar-refractivity contribution in [2.75, 3.05) is 6.54 Å². The van der Waals surface area contributed by atoms with Crippen LogP contribution in [-0.4, -0.2) is 23.3 Å². The maximum atomic E-state index is 11.4. The lowest BCUT2D eigenvalue weighted by Gasteiger charge is -2.16. The van der Waals surface area contributed by atoms with Crippen molar-refractivity contribution in [3.63, 3.8) is 0 Å². The predicted octanol–water partition coefficient (Wildman–Crippen LogP) is 1.04. The summed E-state index contributed by atoms with van der Waals surface area (Å²) in [5.74, 6) is 0.245. The zero-order valence-corrected chi connectivity index (χ0v) is 7.83. The third-order valence-electron chi connectivity index (χ3n) is 2.02. The van der Waals surface area contributed by atoms with Crippen molar-refractivity contribution in [2.45, 2.75) is 27.2 Å². The van der Waals surface area contributed by atoms with E-state index in [2.05, 4.69) is 0 Å². The summed E-state index contributed by atoms with van der Waals surface area (Å²) in [5, 5.41) is 0. The molecule has 3 heteroatoms. The zero-order chi connectivity index (χ0) is 9.30. The van der Waals surface area contributed by atoms with Gasteiger partial charge in [0.1, 0.15) is 0 Å². The monoisotopic (exact) mass is 169 g/mol. The lowest BCUT2D eigenvalue weighted by Crippen LogP contribution is -2.33. The molecule has 68 valence electrons. The Kier molecular flexibility index (Phi) is 2.50. The van der Waals surface area contributed by atoms with Crippen LogP contribution in [0.2, 0.25) is 0 Å². The van der Waals surface area contributed by atoms with Gasteiger partial charge in [-0.1, -0.05) is 20.8 Å². The van der Waals surface area contributed by atoms with Crippen molar-refractivity contribution < 1.29 is 9.59 Å². The van der Waals surface area contributed by atoms with Crippen LogP contribution in [0.15, 0.2) is 0 Å². The van der Waals surface area contributed by atoms with Gasteiger partial charge in [0.05, 0.1) is 0 Å². The van der Waals surface area contributed by atoms with Crippen LogP contribution in [0.4, 0.5) is 0 Å². The average molecular weight is 169 g/mol. The maximum absolute atomic E-state index is 11.4. The molecular weight excluding hydrogens is 154 g/mol. The highest BCUT2D eigenvalue weighted by atomic mass is 16.2. The highest BCUT2D eigenvalue weighted by Gasteiger charge is 2.35. The van der Waals surface area contributed by atoms with Gasteiger partial charge in [-0.05, 0) is 5.92 Å². The maximum Gasteiger partial charge on any atom is 0.232 e. The van der Waals surface area contributed by atoms with Crippen LogP contribution in [0, 0.1) is 11.8 Å². The smallest absolute Gasteiger partial charge is 0.232 e. The summed E-state index contributed by atoms with van der Waals surface area (Å²) in [6, 6.07) is 0. The summed E-state index contributed by atoms with van der Waals surface area (Å²) in [6.45, 7) is 6.38. The number of nitrogens with zero attached hydrogens (tertiary/aromatic N) is 1. The summed E-state index contributed by atoms with van der Waals surface area (Å²) in [5.41, 5.74) is 0. The van der Waals surface area contributed by atoms with Crippen LogP contribution in [0.1, 0.15) is 27.2 Å². The van der Waals surface area contributed by atoms with E-state index in [9.17, 15) is 9.59 Å². The second kappa shape index (κ2) is 3.25. The van der Waals surface area contributed by atoms with Crippen LogP contribution in [0.3, 0.4) is 0 Å². The normalized spacial score (nSPS) is 24.3. The Morgan fingerprint density at radius 3 is 2.42 bits per heavy atom. The van der Waals surface area contributed by atoms with Gasteiger partial charge in [0.25, 0.3) is 0 Å². The van der Waals surface area contributed by atoms with Crippen molar-refractivity contribution in [3.05, 3.63) is 0 Å². The molecule has 0 radical (unpaired) electrons. The van der Waals surface area contributed by atoms with Crippen molar-refractivity contribution in [1.29, 1.82) is 0 Å². The Morgan fingerprint density at radius 2 is 2.08 bits per heavy atom. The van der Waals surface area contributed by atoms with Gasteiger partial charge in [0.15, 0.2) is 0 Å². The summed E-state index contributed by atoms with van der Waals surface area (Å²) in [6.07, 6.45) is 0.394. The molecule has 1 atom stereocenters. The molecule has 1 unspecified atom stereocenters. The lowest BCUT2D eigenvalue weighted by atomic mass is 10.1. The van der Waals surface area contributed by atoms with Gasteiger partial charge in [0, 0.05) is 18.9 Å². The lowest BCUT2D eigenvalue weighted by molar-refractivity contribution is -0.139. The molecule has 1 rings (SSSR count). The molecule has 2 amide bonds. The van der Waals surface area contributed by atoms with E-state index in [-0.39, 0.29) is 17.7 Å². The van der Waals surface area contributed by atoms with Crippen LogP contribution in [0.5, 0.6) is 0 Å². The number of carbonyl (C=O) groups excluding carboxylic acids is 2. The van der Waals surface area contributed by atoms with E-state index in [0.29, 0.717) is 18.9 Å².